The third-order valence-corrected chi connectivity index (χ3v) is 5.17. The molecular formula is C21H22N6. The third kappa shape index (κ3) is 2.88. The first-order valence-electron chi connectivity index (χ1n) is 9.31. The molecule has 3 aromatic heterocycles. The van der Waals surface area contributed by atoms with Gasteiger partial charge in [-0.2, -0.15) is 5.10 Å². The lowest BCUT2D eigenvalue weighted by Gasteiger charge is -2.30. The Morgan fingerprint density at radius 1 is 0.889 bits per heavy atom. The number of imidazole rings is 1. The largest absolute Gasteiger partial charge is 0.355 e. The van der Waals surface area contributed by atoms with Crippen LogP contribution in [0.3, 0.4) is 0 Å². The van der Waals surface area contributed by atoms with E-state index in [1.54, 1.807) is 0 Å². The van der Waals surface area contributed by atoms with Crippen molar-refractivity contribution in [2.45, 2.75) is 0 Å². The van der Waals surface area contributed by atoms with Gasteiger partial charge in [-0.3, -0.25) is 9.08 Å². The van der Waals surface area contributed by atoms with Crippen LogP contribution in [-0.4, -0.2) is 45.3 Å². The van der Waals surface area contributed by atoms with Gasteiger partial charge in [0.25, 0.3) is 0 Å². The zero-order valence-electron chi connectivity index (χ0n) is 15.3. The molecule has 6 heteroatoms. The summed E-state index contributed by atoms with van der Waals surface area (Å²) in [6, 6.07) is 15.0. The van der Waals surface area contributed by atoms with Gasteiger partial charge in [0.05, 0.1) is 18.1 Å². The summed E-state index contributed by atoms with van der Waals surface area (Å²) < 4.78 is 4.10. The number of aryl methyl sites for hydroxylation is 1. The fourth-order valence-electron chi connectivity index (χ4n) is 3.77. The molecule has 5 rings (SSSR count). The van der Waals surface area contributed by atoms with Gasteiger partial charge >= 0.3 is 0 Å². The molecule has 27 heavy (non-hydrogen) atoms. The van der Waals surface area contributed by atoms with E-state index in [-0.39, 0.29) is 0 Å². The van der Waals surface area contributed by atoms with E-state index in [9.17, 15) is 0 Å². The minimum absolute atomic E-state index is 0.984. The Morgan fingerprint density at radius 3 is 2.41 bits per heavy atom. The van der Waals surface area contributed by atoms with Crippen LogP contribution in [0.4, 0.5) is 5.82 Å². The van der Waals surface area contributed by atoms with E-state index in [0.717, 1.165) is 48.6 Å². The van der Waals surface area contributed by atoms with Gasteiger partial charge in [0.2, 0.25) is 0 Å². The molecule has 0 atom stereocenters. The number of nitrogens with zero attached hydrogens (tertiary/aromatic N) is 5. The van der Waals surface area contributed by atoms with Crippen molar-refractivity contribution >= 4 is 11.5 Å². The van der Waals surface area contributed by atoms with Crippen LogP contribution in [0.2, 0.25) is 0 Å². The normalized spacial score (nSPS) is 14.8. The highest BCUT2D eigenvalue weighted by atomic mass is 15.3. The quantitative estimate of drug-likeness (QED) is 0.612. The fraction of sp³-hybridized carbons (Fsp3) is 0.238. The van der Waals surface area contributed by atoms with Crippen LogP contribution in [0.25, 0.3) is 28.0 Å². The van der Waals surface area contributed by atoms with E-state index in [1.807, 2.05) is 30.3 Å². The molecule has 1 N–H and O–H groups in total. The van der Waals surface area contributed by atoms with E-state index < -0.39 is 0 Å². The molecule has 1 aromatic carbocycles. The van der Waals surface area contributed by atoms with Gasteiger partial charge in [-0.1, -0.05) is 30.3 Å². The molecule has 0 aliphatic carbocycles. The van der Waals surface area contributed by atoms with Crippen LogP contribution in [0.5, 0.6) is 0 Å². The molecule has 6 nitrogen and oxygen atoms in total. The SMILES string of the molecule is Cn1cc(-c2ccc(-c3cnc4cccc(N5CCNCC5)n34)cc2)cn1. The lowest BCUT2D eigenvalue weighted by molar-refractivity contribution is 0.583. The second-order valence-electron chi connectivity index (χ2n) is 6.94. The summed E-state index contributed by atoms with van der Waals surface area (Å²) in [4.78, 5) is 7.07. The Hall–Kier alpha value is -3.12. The molecule has 0 bridgehead atoms. The van der Waals surface area contributed by atoms with E-state index in [4.69, 9.17) is 0 Å². The number of piperazine rings is 1. The Balaban J connectivity index is 1.56. The smallest absolute Gasteiger partial charge is 0.138 e. The van der Waals surface area contributed by atoms with E-state index in [2.05, 4.69) is 67.2 Å². The summed E-state index contributed by atoms with van der Waals surface area (Å²) >= 11 is 0. The van der Waals surface area contributed by atoms with Crippen LogP contribution >= 0.6 is 0 Å². The van der Waals surface area contributed by atoms with Crippen molar-refractivity contribution in [3.05, 3.63) is 61.1 Å². The Kier molecular flexibility index (Phi) is 3.90. The van der Waals surface area contributed by atoms with Crippen molar-refractivity contribution in [3.8, 4) is 22.4 Å². The molecule has 4 aromatic rings. The first kappa shape index (κ1) is 16.1. The topological polar surface area (TPSA) is 50.4 Å². The van der Waals surface area contributed by atoms with Gasteiger partial charge in [-0.15, -0.1) is 0 Å². The van der Waals surface area contributed by atoms with Crippen molar-refractivity contribution in [2.75, 3.05) is 31.1 Å². The molecule has 0 amide bonds. The molecule has 0 unspecified atom stereocenters. The number of anilines is 1. The molecule has 4 heterocycles. The number of benzene rings is 1. The van der Waals surface area contributed by atoms with Crippen LogP contribution < -0.4 is 10.2 Å². The zero-order chi connectivity index (χ0) is 18.2. The maximum absolute atomic E-state index is 4.64. The van der Waals surface area contributed by atoms with Crippen LogP contribution in [0.1, 0.15) is 0 Å². The van der Waals surface area contributed by atoms with Crippen molar-refractivity contribution in [1.82, 2.24) is 24.5 Å². The highest BCUT2D eigenvalue weighted by Crippen LogP contribution is 2.28. The van der Waals surface area contributed by atoms with Gasteiger partial charge in [0.1, 0.15) is 11.5 Å². The molecule has 1 aliphatic rings. The third-order valence-electron chi connectivity index (χ3n) is 5.17. The number of hydrogen-bond donors (Lipinski definition) is 1. The molecule has 136 valence electrons. The summed E-state index contributed by atoms with van der Waals surface area (Å²) in [6.07, 6.45) is 5.90. The van der Waals surface area contributed by atoms with Gasteiger partial charge in [0.15, 0.2) is 0 Å². The van der Waals surface area contributed by atoms with Gasteiger partial charge in [0, 0.05) is 50.6 Å². The minimum atomic E-state index is 0.984. The summed E-state index contributed by atoms with van der Waals surface area (Å²) in [5.41, 5.74) is 5.57. The lowest BCUT2D eigenvalue weighted by atomic mass is 10.1. The maximum Gasteiger partial charge on any atom is 0.138 e. The predicted molar refractivity (Wildman–Crippen MR) is 108 cm³/mol. The summed E-state index contributed by atoms with van der Waals surface area (Å²) in [6.45, 7) is 4.05. The van der Waals surface area contributed by atoms with Crippen molar-refractivity contribution in [3.63, 3.8) is 0 Å². The molecule has 1 aliphatic heterocycles. The Bertz CT molecular complexity index is 1070. The van der Waals surface area contributed by atoms with E-state index >= 15 is 0 Å². The second-order valence-corrected chi connectivity index (χ2v) is 6.94. The second kappa shape index (κ2) is 6.55. The first-order chi connectivity index (χ1) is 13.3. The van der Waals surface area contributed by atoms with Crippen molar-refractivity contribution in [2.24, 2.45) is 7.05 Å². The molecule has 0 spiro atoms. The van der Waals surface area contributed by atoms with Crippen molar-refractivity contribution < 1.29 is 0 Å². The Labute approximate surface area is 158 Å². The summed E-state index contributed by atoms with van der Waals surface area (Å²) in [5, 5.41) is 7.68. The van der Waals surface area contributed by atoms with E-state index in [1.165, 1.54) is 11.4 Å². The number of aromatic nitrogens is 4. The van der Waals surface area contributed by atoms with E-state index in [0.29, 0.717) is 0 Å². The first-order valence-corrected chi connectivity index (χ1v) is 9.31. The molecule has 1 saturated heterocycles. The highest BCUT2D eigenvalue weighted by Gasteiger charge is 2.16. The number of fused-ring (bicyclic) bond motifs is 1. The molecule has 0 saturated carbocycles. The summed E-state index contributed by atoms with van der Waals surface area (Å²) in [5.74, 6) is 1.21. The number of hydrogen-bond acceptors (Lipinski definition) is 4. The lowest BCUT2D eigenvalue weighted by Crippen LogP contribution is -2.44. The zero-order valence-corrected chi connectivity index (χ0v) is 15.3. The fourth-order valence-corrected chi connectivity index (χ4v) is 3.77. The standard InChI is InChI=1S/C21H22N6/c1-25-15-18(13-24-25)16-5-7-17(8-6-16)19-14-23-20-3-2-4-21(27(19)20)26-11-9-22-10-12-26/h2-8,13-15,22H,9-12H2,1H3. The summed E-state index contributed by atoms with van der Waals surface area (Å²) in [7, 11) is 1.94. The monoisotopic (exact) mass is 358 g/mol. The molecular weight excluding hydrogens is 336 g/mol. The average Bonchev–Trinajstić information content (AvgIpc) is 3.35. The van der Waals surface area contributed by atoms with Gasteiger partial charge < -0.3 is 10.2 Å². The minimum Gasteiger partial charge on any atom is -0.355 e. The number of pyridine rings is 1. The van der Waals surface area contributed by atoms with Crippen LogP contribution in [-0.2, 0) is 7.05 Å². The predicted octanol–water partition coefficient (Wildman–Crippen LogP) is 2.81. The Morgan fingerprint density at radius 2 is 1.67 bits per heavy atom. The maximum atomic E-state index is 4.64. The average molecular weight is 358 g/mol. The molecule has 0 radical (unpaired) electrons. The van der Waals surface area contributed by atoms with Crippen LogP contribution in [0, 0.1) is 0 Å². The highest BCUT2D eigenvalue weighted by molar-refractivity contribution is 5.71. The van der Waals surface area contributed by atoms with Crippen molar-refractivity contribution in [1.29, 1.82) is 0 Å². The number of rotatable bonds is 3. The van der Waals surface area contributed by atoms with Gasteiger partial charge in [-0.25, -0.2) is 4.98 Å². The van der Waals surface area contributed by atoms with Crippen LogP contribution in [0.15, 0.2) is 61.1 Å². The molecule has 1 fully saturated rings. The number of nitrogens with one attached hydrogen (secondary N) is 1. The van der Waals surface area contributed by atoms with Gasteiger partial charge in [-0.05, 0) is 17.7 Å².